The van der Waals surface area contributed by atoms with Gasteiger partial charge in [0.05, 0.1) is 5.56 Å². The second kappa shape index (κ2) is 7.70. The maximum absolute atomic E-state index is 12.8. The molecule has 0 spiro atoms. The molecule has 3 N–H and O–H groups in total. The standard InChI is InChI=1S/C19H22N2O2/c1-13-8-9-15(12-14(13)2)18(22)16-6-3-4-7-17(16)19(23)21-11-5-10-20/h3-4,6-9,12H,5,10-11,20H2,1-2H3,(H,21,23). The molecule has 0 aliphatic carbocycles. The van der Waals surface area contributed by atoms with Crippen LogP contribution in [0.5, 0.6) is 0 Å². The van der Waals surface area contributed by atoms with Gasteiger partial charge in [0.15, 0.2) is 5.78 Å². The summed E-state index contributed by atoms with van der Waals surface area (Å²) in [5, 5.41) is 2.80. The van der Waals surface area contributed by atoms with Gasteiger partial charge in [-0.15, -0.1) is 0 Å². The lowest BCUT2D eigenvalue weighted by atomic mass is 9.95. The number of ketones is 1. The average Bonchev–Trinajstić information content (AvgIpc) is 2.57. The molecule has 2 rings (SSSR count). The zero-order valence-electron chi connectivity index (χ0n) is 13.6. The molecule has 4 heteroatoms. The van der Waals surface area contributed by atoms with Crippen molar-refractivity contribution in [2.45, 2.75) is 20.3 Å². The molecule has 2 aromatic rings. The number of carbonyl (C=O) groups is 2. The van der Waals surface area contributed by atoms with Crippen molar-refractivity contribution in [1.29, 1.82) is 0 Å². The van der Waals surface area contributed by atoms with Crippen LogP contribution in [0.3, 0.4) is 0 Å². The zero-order valence-corrected chi connectivity index (χ0v) is 13.6. The van der Waals surface area contributed by atoms with Crippen LogP contribution in [-0.4, -0.2) is 24.8 Å². The third kappa shape index (κ3) is 4.05. The maximum Gasteiger partial charge on any atom is 0.252 e. The molecule has 1 amide bonds. The Kier molecular flexibility index (Phi) is 5.66. The molecule has 0 bridgehead atoms. The summed E-state index contributed by atoms with van der Waals surface area (Å²) < 4.78 is 0. The Labute approximate surface area is 136 Å². The Hall–Kier alpha value is -2.46. The van der Waals surface area contributed by atoms with Gasteiger partial charge in [0, 0.05) is 17.7 Å². The van der Waals surface area contributed by atoms with Crippen LogP contribution in [0.2, 0.25) is 0 Å². The van der Waals surface area contributed by atoms with Gasteiger partial charge in [-0.1, -0.05) is 30.3 Å². The number of rotatable bonds is 6. The number of aryl methyl sites for hydroxylation is 2. The summed E-state index contributed by atoms with van der Waals surface area (Å²) in [6, 6.07) is 12.5. The monoisotopic (exact) mass is 310 g/mol. The number of amides is 1. The Balaban J connectivity index is 2.30. The molecule has 0 saturated heterocycles. The quantitative estimate of drug-likeness (QED) is 0.636. The minimum atomic E-state index is -0.244. The molecule has 0 aromatic heterocycles. The summed E-state index contributed by atoms with van der Waals surface area (Å²) >= 11 is 0. The highest BCUT2D eigenvalue weighted by molar-refractivity contribution is 6.15. The molecule has 0 saturated carbocycles. The van der Waals surface area contributed by atoms with Crippen molar-refractivity contribution in [1.82, 2.24) is 5.32 Å². The van der Waals surface area contributed by atoms with E-state index in [4.69, 9.17) is 5.73 Å². The molecule has 4 nitrogen and oxygen atoms in total. The van der Waals surface area contributed by atoms with Crippen molar-refractivity contribution < 1.29 is 9.59 Å². The van der Waals surface area contributed by atoms with Gasteiger partial charge in [0.1, 0.15) is 0 Å². The lowest BCUT2D eigenvalue weighted by Gasteiger charge is -2.10. The first kappa shape index (κ1) is 16.9. The van der Waals surface area contributed by atoms with Crippen molar-refractivity contribution in [3.63, 3.8) is 0 Å². The van der Waals surface area contributed by atoms with E-state index in [9.17, 15) is 9.59 Å². The van der Waals surface area contributed by atoms with Crippen LogP contribution in [0, 0.1) is 13.8 Å². The number of benzene rings is 2. The topological polar surface area (TPSA) is 72.2 Å². The summed E-state index contributed by atoms with van der Waals surface area (Å²) in [5.74, 6) is -0.385. The van der Waals surface area contributed by atoms with Crippen LogP contribution < -0.4 is 11.1 Å². The third-order valence-electron chi connectivity index (χ3n) is 3.85. The molecule has 0 aliphatic heterocycles. The van der Waals surface area contributed by atoms with Gasteiger partial charge in [0.25, 0.3) is 5.91 Å². The van der Waals surface area contributed by atoms with E-state index < -0.39 is 0 Å². The Bertz CT molecular complexity index is 723. The lowest BCUT2D eigenvalue weighted by molar-refractivity contribution is 0.0942. The highest BCUT2D eigenvalue weighted by Crippen LogP contribution is 2.17. The Morgan fingerprint density at radius 1 is 1.00 bits per heavy atom. The summed E-state index contributed by atoms with van der Waals surface area (Å²) in [4.78, 5) is 25.1. The van der Waals surface area contributed by atoms with Crippen molar-refractivity contribution in [3.05, 3.63) is 70.3 Å². The minimum Gasteiger partial charge on any atom is -0.352 e. The molecular formula is C19H22N2O2. The number of hydrogen-bond acceptors (Lipinski definition) is 3. The Morgan fingerprint density at radius 3 is 2.35 bits per heavy atom. The van der Waals surface area contributed by atoms with Gasteiger partial charge in [0.2, 0.25) is 0 Å². The second-order valence-electron chi connectivity index (χ2n) is 5.57. The van der Waals surface area contributed by atoms with E-state index in [1.165, 1.54) is 0 Å². The van der Waals surface area contributed by atoms with Crippen LogP contribution in [0.25, 0.3) is 0 Å². The smallest absolute Gasteiger partial charge is 0.252 e. The number of hydrogen-bond donors (Lipinski definition) is 2. The van der Waals surface area contributed by atoms with Gasteiger partial charge in [-0.25, -0.2) is 0 Å². The van der Waals surface area contributed by atoms with Gasteiger partial charge >= 0.3 is 0 Å². The van der Waals surface area contributed by atoms with E-state index in [0.717, 1.165) is 11.1 Å². The molecule has 0 radical (unpaired) electrons. The number of nitrogens with two attached hydrogens (primary N) is 1. The van der Waals surface area contributed by atoms with Gasteiger partial charge in [-0.05, 0) is 50.1 Å². The summed E-state index contributed by atoms with van der Waals surface area (Å²) in [6.07, 6.45) is 0.707. The predicted octanol–water partition coefficient (Wildman–Crippen LogP) is 2.61. The fourth-order valence-electron chi connectivity index (χ4n) is 2.32. The van der Waals surface area contributed by atoms with Crippen molar-refractivity contribution in [3.8, 4) is 0 Å². The van der Waals surface area contributed by atoms with Gasteiger partial charge in [-0.2, -0.15) is 0 Å². The third-order valence-corrected chi connectivity index (χ3v) is 3.85. The first-order valence-electron chi connectivity index (χ1n) is 7.74. The number of carbonyl (C=O) groups excluding carboxylic acids is 2. The molecule has 0 heterocycles. The Morgan fingerprint density at radius 2 is 1.70 bits per heavy atom. The fraction of sp³-hybridized carbons (Fsp3) is 0.263. The average molecular weight is 310 g/mol. The molecule has 0 aliphatic rings. The minimum absolute atomic E-state index is 0.141. The first-order valence-corrected chi connectivity index (χ1v) is 7.74. The van der Waals surface area contributed by atoms with Crippen molar-refractivity contribution in [2.24, 2.45) is 5.73 Å². The molecule has 0 atom stereocenters. The largest absolute Gasteiger partial charge is 0.352 e. The van der Waals surface area contributed by atoms with Crippen molar-refractivity contribution in [2.75, 3.05) is 13.1 Å². The highest BCUT2D eigenvalue weighted by Gasteiger charge is 2.18. The fourth-order valence-corrected chi connectivity index (χ4v) is 2.32. The molecule has 120 valence electrons. The van der Waals surface area contributed by atoms with Gasteiger partial charge < -0.3 is 11.1 Å². The molecule has 2 aromatic carbocycles. The van der Waals surface area contributed by atoms with E-state index in [-0.39, 0.29) is 11.7 Å². The van der Waals surface area contributed by atoms with E-state index in [1.807, 2.05) is 26.0 Å². The SMILES string of the molecule is Cc1ccc(C(=O)c2ccccc2C(=O)NCCCN)cc1C. The van der Waals surface area contributed by atoms with Crippen LogP contribution in [0.15, 0.2) is 42.5 Å². The van der Waals surface area contributed by atoms with Crippen LogP contribution >= 0.6 is 0 Å². The highest BCUT2D eigenvalue weighted by atomic mass is 16.2. The van der Waals surface area contributed by atoms with Gasteiger partial charge in [-0.3, -0.25) is 9.59 Å². The molecular weight excluding hydrogens is 288 g/mol. The molecule has 0 unspecified atom stereocenters. The van der Waals surface area contributed by atoms with Crippen LogP contribution in [0.4, 0.5) is 0 Å². The normalized spacial score (nSPS) is 10.4. The zero-order chi connectivity index (χ0) is 16.8. The summed E-state index contributed by atoms with van der Waals surface area (Å²) in [7, 11) is 0. The number of nitrogens with one attached hydrogen (secondary N) is 1. The lowest BCUT2D eigenvalue weighted by Crippen LogP contribution is -2.27. The summed E-state index contributed by atoms with van der Waals surface area (Å²) in [6.45, 7) is 4.99. The van der Waals surface area contributed by atoms with E-state index in [2.05, 4.69) is 5.32 Å². The first-order chi connectivity index (χ1) is 11.0. The maximum atomic E-state index is 12.8. The van der Waals surface area contributed by atoms with Crippen molar-refractivity contribution >= 4 is 11.7 Å². The van der Waals surface area contributed by atoms with E-state index in [0.29, 0.717) is 36.2 Å². The second-order valence-corrected chi connectivity index (χ2v) is 5.57. The van der Waals surface area contributed by atoms with E-state index in [1.54, 1.807) is 30.3 Å². The summed E-state index contributed by atoms with van der Waals surface area (Å²) in [5.41, 5.74) is 9.02. The van der Waals surface area contributed by atoms with Crippen LogP contribution in [-0.2, 0) is 0 Å². The predicted molar refractivity (Wildman–Crippen MR) is 91.8 cm³/mol. The molecule has 23 heavy (non-hydrogen) atoms. The van der Waals surface area contributed by atoms with Crippen LogP contribution in [0.1, 0.15) is 43.8 Å². The van der Waals surface area contributed by atoms with E-state index >= 15 is 0 Å². The molecule has 0 fully saturated rings.